The molecule has 640 valence electrons. The summed E-state index contributed by atoms with van der Waals surface area (Å²) in [4.78, 5) is 123. The van der Waals surface area contributed by atoms with Crippen molar-refractivity contribution < 1.29 is 125 Å². The molecule has 18 N–H and O–H groups in total. The van der Waals surface area contributed by atoms with Crippen LogP contribution >= 0.6 is 11.3 Å². The lowest BCUT2D eigenvalue weighted by molar-refractivity contribution is -0.149. The van der Waals surface area contributed by atoms with Gasteiger partial charge in [-0.15, -0.1) is 11.3 Å². The molecule has 120 heavy (non-hydrogen) atoms. The van der Waals surface area contributed by atoms with Crippen LogP contribution in [-0.4, -0.2) is 245 Å². The Morgan fingerprint density at radius 1 is 0.792 bits per heavy atom. The maximum atomic E-state index is 14.7. The molecule has 8 amide bonds. The van der Waals surface area contributed by atoms with Crippen molar-refractivity contribution in [3.63, 3.8) is 0 Å². The molecule has 6 heterocycles. The smallest absolute Gasteiger partial charge is 0.446 e. The van der Waals surface area contributed by atoms with E-state index in [1.807, 2.05) is 16.0 Å². The summed E-state index contributed by atoms with van der Waals surface area (Å²) < 4.78 is 77.7. The number of hydrogen-bond acceptors (Lipinski definition) is 29. The Balaban J connectivity index is 0.000000404. The quantitative estimate of drug-likeness (QED) is 0.0286. The van der Waals surface area contributed by atoms with E-state index in [2.05, 4.69) is 53.3 Å². The molecule has 3 aliphatic rings. The number of aromatic nitrogens is 5. The van der Waals surface area contributed by atoms with Gasteiger partial charge in [0.05, 0.1) is 66.3 Å². The molecule has 11 rings (SSSR count). The third-order valence-corrected chi connectivity index (χ3v) is 21.8. The number of primary amides is 1. The second-order valence-electron chi connectivity index (χ2n) is 29.0. The number of halogens is 2. The van der Waals surface area contributed by atoms with E-state index < -0.39 is 221 Å². The third-order valence-electron chi connectivity index (χ3n) is 20.4. The number of aliphatic hydroxyl groups excluding tert-OH is 8. The number of phenols is 1. The van der Waals surface area contributed by atoms with Crippen LogP contribution in [0.1, 0.15) is 110 Å². The molecular weight excluding hydrogens is 1620 g/mol. The first-order valence-corrected chi connectivity index (χ1v) is 39.7. The number of carbonyl (C=O) groups excluding carboxylic acids is 8. The van der Waals surface area contributed by atoms with Gasteiger partial charge in [-0.2, -0.15) is 18.8 Å². The SMILES string of the molecule is CCCCCOc1ccc(-c2cc(-c3ccc(C(=O)N[C@H]4C[C@@H](O)[C@@H](O)NC(=O)[C@@H]5[C@@H](O)[C@@H](C)CN5C(=O)[C@H]([C@H](O)CC(N)=O)NC(=O)[C@@H]([C@H](O)[C@@H](O)c5ccc(O)c(OS(=O)(=O)O)c5)NC(=O)[C@@H]5C[C@@H](O)CN5C(=O)[C@H]([C@@H](C)O)NC4=O)cc3)no2)cc1.C[C@@H](c1nc(-c2ccc(C#N)cc2)cs1)[C@](O)(Cn1cncn1)c1ccc(F)cc1F. The number of nitrogens with two attached hydrogens (primary N) is 1. The number of aliphatic hydroxyl groups is 9. The summed E-state index contributed by atoms with van der Waals surface area (Å²) in [5.74, 6) is -15.1. The van der Waals surface area contributed by atoms with Gasteiger partial charge in [0.15, 0.2) is 23.5 Å². The van der Waals surface area contributed by atoms with Gasteiger partial charge in [0, 0.05) is 83.1 Å². The molecule has 3 saturated heterocycles. The van der Waals surface area contributed by atoms with Crippen LogP contribution in [0.3, 0.4) is 0 Å². The fourth-order valence-electron chi connectivity index (χ4n) is 13.7. The minimum absolute atomic E-state index is 0.0491. The number of thiazole rings is 1. The number of amides is 8. The van der Waals surface area contributed by atoms with Crippen molar-refractivity contribution in [2.45, 2.75) is 169 Å². The van der Waals surface area contributed by atoms with Crippen molar-refractivity contribution in [2.75, 3.05) is 19.7 Å². The van der Waals surface area contributed by atoms with Crippen LogP contribution in [0.15, 0.2) is 138 Å². The summed E-state index contributed by atoms with van der Waals surface area (Å²) >= 11 is 1.33. The first-order chi connectivity index (χ1) is 56.9. The Hall–Kier alpha value is -11.9. The van der Waals surface area contributed by atoms with Crippen molar-refractivity contribution in [1.29, 1.82) is 5.26 Å². The molecule has 3 aromatic heterocycles. The standard InChI is InChI=1S/C56H71N9O23S.C22H17F2N5OS/c1-4-5-6-17-86-32-14-11-28(12-15-32)39-21-33(63-87-39)27-7-9-29(10-8-27)49(75)58-34-20-38(70)52(78)62-54(80)45-46(72)25(2)23-65(45)56(82)43(37(69)22-41(57)71)60-53(79)44(48(74)47(73)30-13-16-36(68)40(18-30)88-89(83,84)85)61-51(77)35-19-31(67)24-64(35)55(81)42(26(3)66)59-50(34)76;1-14(21-28-20(10-31-21)16-4-2-15(9-25)3-5-16)22(30,11-29-13-26-12-27-29)18-7-6-17(23)8-19(18)24/h7-16,18,21,25-26,31,34-35,37-38,42-48,52,66-70,72-74,78H,4-6,17,19-20,22-24H2,1-3H3,(H2,57,71)(H,58,75)(H,59,76)(H,60,79)(H,61,77)(H,62,80)(H,83,84,85);2-8,10,12-14,30H,11H2,1H3/t25-,26+,31+,34-,35-,37+,38+,42-,43-,44+,45-,46-,47-,48-,52+;14-,22+/m00/s1. The molecule has 0 aliphatic carbocycles. The number of hydrogen-bond donors (Lipinski definition) is 17. The van der Waals surface area contributed by atoms with Gasteiger partial charge in [-0.3, -0.25) is 42.9 Å². The monoisotopic (exact) mass is 1710 g/mol. The van der Waals surface area contributed by atoms with Crippen LogP contribution in [0.5, 0.6) is 17.2 Å². The van der Waals surface area contributed by atoms with Crippen LogP contribution < -0.4 is 41.2 Å². The molecular formula is C78H88F2N14O24S2. The van der Waals surface area contributed by atoms with Gasteiger partial charge < -0.3 is 107 Å². The first-order valence-electron chi connectivity index (χ1n) is 37.5. The lowest BCUT2D eigenvalue weighted by Crippen LogP contribution is -2.64. The van der Waals surface area contributed by atoms with Crippen molar-refractivity contribution in [3.05, 3.63) is 172 Å². The second-order valence-corrected chi connectivity index (χ2v) is 31.0. The molecule has 42 heteroatoms. The molecule has 0 radical (unpaired) electrons. The number of unbranched alkanes of at least 4 members (excludes halogenated alkanes) is 2. The largest absolute Gasteiger partial charge is 0.504 e. The number of rotatable bonds is 24. The molecule has 0 unspecified atom stereocenters. The highest BCUT2D eigenvalue weighted by molar-refractivity contribution is 7.81. The number of benzene rings is 5. The fraction of sp³-hybridized carbons (Fsp3) is 0.397. The molecule has 3 fully saturated rings. The van der Waals surface area contributed by atoms with Gasteiger partial charge >= 0.3 is 10.4 Å². The summed E-state index contributed by atoms with van der Waals surface area (Å²) in [6, 6.07) is 15.7. The molecule has 0 spiro atoms. The Kier molecular flexibility index (Phi) is 29.7. The number of carbonyl (C=O) groups is 8. The maximum absolute atomic E-state index is 14.7. The highest BCUT2D eigenvalue weighted by atomic mass is 32.3. The van der Waals surface area contributed by atoms with Crippen LogP contribution in [-0.2, 0) is 56.1 Å². The van der Waals surface area contributed by atoms with E-state index in [1.54, 1.807) is 61.5 Å². The topological polar surface area (TPSA) is 598 Å². The molecule has 38 nitrogen and oxygen atoms in total. The minimum Gasteiger partial charge on any atom is -0.504 e. The number of fused-ring (bicyclic) bond motifs is 2. The Morgan fingerprint density at radius 2 is 1.45 bits per heavy atom. The van der Waals surface area contributed by atoms with E-state index in [4.69, 9.17) is 20.3 Å². The first kappa shape index (κ1) is 90.5. The van der Waals surface area contributed by atoms with Crippen molar-refractivity contribution in [2.24, 2.45) is 11.7 Å². The van der Waals surface area contributed by atoms with Crippen LogP contribution in [0.4, 0.5) is 8.78 Å². The average Bonchev–Trinajstić information content (AvgIpc) is 1.53. The number of nitriles is 1. The van der Waals surface area contributed by atoms with E-state index in [0.717, 1.165) is 49.9 Å². The zero-order chi connectivity index (χ0) is 87.4. The minimum atomic E-state index is -5.35. The normalized spacial score (nSPS) is 23.2. The van der Waals surface area contributed by atoms with Gasteiger partial charge in [0.1, 0.15) is 95.9 Å². The van der Waals surface area contributed by atoms with Crippen molar-refractivity contribution in [1.82, 2.24) is 61.3 Å². The van der Waals surface area contributed by atoms with Gasteiger partial charge in [-0.1, -0.05) is 75.2 Å². The van der Waals surface area contributed by atoms with Gasteiger partial charge in [-0.05, 0) is 85.6 Å². The van der Waals surface area contributed by atoms with E-state index in [-0.39, 0.29) is 17.7 Å². The summed E-state index contributed by atoms with van der Waals surface area (Å²) in [5, 5.41) is 143. The van der Waals surface area contributed by atoms with Gasteiger partial charge in [0.25, 0.3) is 5.91 Å². The summed E-state index contributed by atoms with van der Waals surface area (Å²) in [5.41, 5.74) is 6.40. The fourth-order valence-corrected chi connectivity index (χ4v) is 15.1. The predicted molar refractivity (Wildman–Crippen MR) is 415 cm³/mol. The van der Waals surface area contributed by atoms with E-state index in [9.17, 15) is 111 Å². The molecule has 0 saturated carbocycles. The number of nitrogens with zero attached hydrogens (tertiary/aromatic N) is 8. The van der Waals surface area contributed by atoms with E-state index in [1.165, 1.54) is 65.9 Å². The number of nitrogens with one attached hydrogen (secondary N) is 5. The van der Waals surface area contributed by atoms with Crippen LogP contribution in [0, 0.1) is 28.9 Å². The zero-order valence-electron chi connectivity index (χ0n) is 64.5. The summed E-state index contributed by atoms with van der Waals surface area (Å²) in [6.07, 6.45) is -14.5. The van der Waals surface area contributed by atoms with Crippen molar-refractivity contribution in [3.8, 4) is 57.2 Å². The Morgan fingerprint density at radius 3 is 2.09 bits per heavy atom. The lowest BCUT2D eigenvalue weighted by Gasteiger charge is -2.34. The molecule has 3 aliphatic heterocycles. The predicted octanol–water partition coefficient (Wildman–Crippen LogP) is 0.341. The molecule has 8 aromatic rings. The summed E-state index contributed by atoms with van der Waals surface area (Å²) in [7, 11) is -5.35. The number of ether oxygens (including phenoxy) is 1. The van der Waals surface area contributed by atoms with Crippen LogP contribution in [0.25, 0.3) is 33.8 Å². The number of aromatic hydroxyl groups is 1. The Bertz CT molecular complexity index is 5140. The lowest BCUT2D eigenvalue weighted by atomic mass is 9.82. The highest BCUT2D eigenvalue weighted by Gasteiger charge is 2.51. The maximum Gasteiger partial charge on any atom is 0.446 e. The van der Waals surface area contributed by atoms with Crippen molar-refractivity contribution >= 4 is 69.0 Å². The average molecular weight is 1710 g/mol. The van der Waals surface area contributed by atoms with E-state index >= 15 is 0 Å². The number of phenolic OH excluding ortho intramolecular Hbond substituents is 1. The zero-order valence-corrected chi connectivity index (χ0v) is 66.1. The van der Waals surface area contributed by atoms with Gasteiger partial charge in [-0.25, -0.2) is 23.4 Å². The molecule has 5 aromatic carbocycles. The van der Waals surface area contributed by atoms with Crippen LogP contribution in [0.2, 0.25) is 0 Å². The molecule has 17 atom stereocenters. The molecule has 0 bridgehead atoms. The summed E-state index contributed by atoms with van der Waals surface area (Å²) in [6.45, 7) is 5.38. The van der Waals surface area contributed by atoms with Gasteiger partial charge in [0.2, 0.25) is 41.4 Å². The third kappa shape index (κ3) is 22.0. The highest BCUT2D eigenvalue weighted by Crippen LogP contribution is 2.42. The van der Waals surface area contributed by atoms with E-state index in [0.29, 0.717) is 73.1 Å². The second kappa shape index (κ2) is 39.3. The Labute approximate surface area is 687 Å².